The smallest absolute Gasteiger partial charge is 0.320 e. The highest BCUT2D eigenvalue weighted by molar-refractivity contribution is 7.46. The standard InChI is InChI=1S/C28H61N2O4P/c1-5-9-10-11-12-13-14-15-16-17-18-19-20-21-22-23-25-29-26-24-28(27-34-35(31,32)33)30(6-2,7-3)8-4/h28-29H,5-27H2,1-4H3,(H-,31,32,33)/p+1. The Labute approximate surface area is 218 Å². The van der Waals surface area contributed by atoms with Gasteiger partial charge in [0.2, 0.25) is 0 Å². The summed E-state index contributed by atoms with van der Waals surface area (Å²) in [5, 5.41) is 3.55. The first kappa shape index (κ1) is 35.0. The van der Waals surface area contributed by atoms with Crippen LogP contribution in [0.1, 0.15) is 137 Å². The summed E-state index contributed by atoms with van der Waals surface area (Å²) in [6, 6.07) is 0.0981. The molecular weight excluding hydrogens is 459 g/mol. The lowest BCUT2D eigenvalue weighted by Crippen LogP contribution is -2.57. The molecule has 0 aromatic carbocycles. The van der Waals surface area contributed by atoms with Gasteiger partial charge in [-0.2, -0.15) is 0 Å². The number of phosphoric acid groups is 1. The van der Waals surface area contributed by atoms with Crippen LogP contribution in [-0.2, 0) is 9.09 Å². The van der Waals surface area contributed by atoms with Crippen molar-refractivity contribution < 1.29 is 23.4 Å². The Bertz CT molecular complexity index is 489. The minimum absolute atomic E-state index is 0.0981. The summed E-state index contributed by atoms with van der Waals surface area (Å²) < 4.78 is 17.0. The maximum atomic E-state index is 11.2. The summed E-state index contributed by atoms with van der Waals surface area (Å²) in [5.41, 5.74) is 0. The Balaban J connectivity index is 3.71. The van der Waals surface area contributed by atoms with Gasteiger partial charge in [0.25, 0.3) is 0 Å². The Morgan fingerprint density at radius 1 is 0.657 bits per heavy atom. The molecule has 0 aliphatic heterocycles. The normalized spacial score (nSPS) is 13.4. The van der Waals surface area contributed by atoms with Crippen LogP contribution in [0.2, 0.25) is 0 Å². The van der Waals surface area contributed by atoms with Gasteiger partial charge < -0.3 is 19.6 Å². The second-order valence-electron chi connectivity index (χ2n) is 10.4. The van der Waals surface area contributed by atoms with Gasteiger partial charge in [-0.25, -0.2) is 4.57 Å². The van der Waals surface area contributed by atoms with Gasteiger partial charge in [-0.1, -0.05) is 103 Å². The zero-order valence-corrected chi connectivity index (χ0v) is 24.8. The number of nitrogens with zero attached hydrogens (tertiary/aromatic N) is 1. The van der Waals surface area contributed by atoms with Gasteiger partial charge in [-0.05, 0) is 33.7 Å². The number of hydrogen-bond donors (Lipinski definition) is 3. The molecule has 6 nitrogen and oxygen atoms in total. The van der Waals surface area contributed by atoms with Crippen molar-refractivity contribution >= 4 is 7.82 Å². The average Bonchev–Trinajstić information content (AvgIpc) is 2.84. The summed E-state index contributed by atoms with van der Waals surface area (Å²) in [5.74, 6) is 0. The van der Waals surface area contributed by atoms with Gasteiger partial charge >= 0.3 is 7.82 Å². The summed E-state index contributed by atoms with van der Waals surface area (Å²) >= 11 is 0. The third-order valence-electron chi connectivity index (χ3n) is 7.96. The van der Waals surface area contributed by atoms with Crippen molar-refractivity contribution in [1.82, 2.24) is 5.32 Å². The maximum absolute atomic E-state index is 11.2. The summed E-state index contributed by atoms with van der Waals surface area (Å²) in [4.78, 5) is 18.3. The number of unbranched alkanes of at least 4 members (excludes halogenated alkanes) is 15. The van der Waals surface area contributed by atoms with Gasteiger partial charge in [0, 0.05) is 13.0 Å². The molecule has 7 heteroatoms. The van der Waals surface area contributed by atoms with E-state index in [0.717, 1.165) is 43.6 Å². The minimum Gasteiger partial charge on any atom is -0.320 e. The van der Waals surface area contributed by atoms with Crippen molar-refractivity contribution in [2.24, 2.45) is 0 Å². The highest BCUT2D eigenvalue weighted by Crippen LogP contribution is 2.36. The van der Waals surface area contributed by atoms with Crippen LogP contribution in [0.4, 0.5) is 0 Å². The van der Waals surface area contributed by atoms with Crippen molar-refractivity contribution in [3.63, 3.8) is 0 Å². The molecule has 0 heterocycles. The molecule has 0 amide bonds. The largest absolute Gasteiger partial charge is 0.469 e. The van der Waals surface area contributed by atoms with Crippen molar-refractivity contribution in [1.29, 1.82) is 0 Å². The van der Waals surface area contributed by atoms with E-state index >= 15 is 0 Å². The van der Waals surface area contributed by atoms with E-state index in [1.165, 1.54) is 103 Å². The third-order valence-corrected chi connectivity index (χ3v) is 8.45. The highest BCUT2D eigenvalue weighted by Gasteiger charge is 2.34. The SMILES string of the molecule is CCCCCCCCCCCCCCCCCCNCCC(COP(=O)(O)O)[N+](CC)(CC)CC. The zero-order chi connectivity index (χ0) is 26.3. The van der Waals surface area contributed by atoms with E-state index in [9.17, 15) is 4.57 Å². The molecule has 0 spiro atoms. The van der Waals surface area contributed by atoms with Crippen molar-refractivity contribution in [2.75, 3.05) is 39.3 Å². The van der Waals surface area contributed by atoms with Crippen LogP contribution in [0, 0.1) is 0 Å². The first-order valence-electron chi connectivity index (χ1n) is 15.1. The van der Waals surface area contributed by atoms with Crippen LogP contribution in [0.3, 0.4) is 0 Å². The lowest BCUT2D eigenvalue weighted by Gasteiger charge is -2.43. The highest BCUT2D eigenvalue weighted by atomic mass is 31.2. The second-order valence-corrected chi connectivity index (χ2v) is 11.7. The maximum Gasteiger partial charge on any atom is 0.469 e. The van der Waals surface area contributed by atoms with Crippen LogP contribution < -0.4 is 5.32 Å². The van der Waals surface area contributed by atoms with Crippen LogP contribution in [0.25, 0.3) is 0 Å². The van der Waals surface area contributed by atoms with Gasteiger partial charge in [0.1, 0.15) is 12.6 Å². The number of phosphoric ester groups is 1. The molecule has 0 rings (SSSR count). The molecule has 35 heavy (non-hydrogen) atoms. The summed E-state index contributed by atoms with van der Waals surface area (Å²) in [6.07, 6.45) is 23.1. The average molecular weight is 522 g/mol. The Kier molecular flexibility index (Phi) is 23.2. The number of nitrogens with one attached hydrogen (secondary N) is 1. The van der Waals surface area contributed by atoms with Gasteiger partial charge in [-0.3, -0.25) is 4.52 Å². The van der Waals surface area contributed by atoms with Gasteiger partial charge in [-0.15, -0.1) is 0 Å². The molecule has 0 saturated heterocycles. The van der Waals surface area contributed by atoms with Crippen LogP contribution >= 0.6 is 7.82 Å². The van der Waals surface area contributed by atoms with Crippen LogP contribution in [0.15, 0.2) is 0 Å². The van der Waals surface area contributed by atoms with Gasteiger partial charge in [0.15, 0.2) is 0 Å². The van der Waals surface area contributed by atoms with E-state index in [2.05, 4.69) is 33.0 Å². The lowest BCUT2D eigenvalue weighted by molar-refractivity contribution is -0.947. The molecule has 212 valence electrons. The number of likely N-dealkylation sites (N-methyl/N-ethyl adjacent to an activating group) is 1. The van der Waals surface area contributed by atoms with E-state index in [0.29, 0.717) is 0 Å². The Hall–Kier alpha value is 0.0300. The molecule has 0 aromatic heterocycles. The van der Waals surface area contributed by atoms with Crippen LogP contribution in [0.5, 0.6) is 0 Å². The second kappa shape index (κ2) is 23.2. The molecular formula is C28H62N2O4P+. The fourth-order valence-corrected chi connectivity index (χ4v) is 5.70. The zero-order valence-electron chi connectivity index (χ0n) is 23.9. The van der Waals surface area contributed by atoms with E-state index < -0.39 is 7.82 Å². The molecule has 1 unspecified atom stereocenters. The topological polar surface area (TPSA) is 78.8 Å². The van der Waals surface area contributed by atoms with E-state index in [-0.39, 0.29) is 12.6 Å². The Morgan fingerprint density at radius 2 is 1.06 bits per heavy atom. The van der Waals surface area contributed by atoms with E-state index in [1.807, 2.05) is 0 Å². The summed E-state index contributed by atoms with van der Waals surface area (Å²) in [6.45, 7) is 13.6. The molecule has 1 atom stereocenters. The van der Waals surface area contributed by atoms with E-state index in [4.69, 9.17) is 14.3 Å². The fraction of sp³-hybridized carbons (Fsp3) is 1.00. The molecule has 3 N–H and O–H groups in total. The molecule has 0 aliphatic carbocycles. The fourth-order valence-electron chi connectivity index (χ4n) is 5.34. The predicted octanol–water partition coefficient (Wildman–Crippen LogP) is 7.58. The molecule has 0 aliphatic rings. The Morgan fingerprint density at radius 3 is 1.43 bits per heavy atom. The van der Waals surface area contributed by atoms with Crippen molar-refractivity contribution in [3.05, 3.63) is 0 Å². The third kappa shape index (κ3) is 19.8. The van der Waals surface area contributed by atoms with Crippen LogP contribution in [-0.4, -0.2) is 59.6 Å². The quantitative estimate of drug-likeness (QED) is 0.0590. The van der Waals surface area contributed by atoms with E-state index in [1.54, 1.807) is 0 Å². The molecule has 0 aromatic rings. The van der Waals surface area contributed by atoms with Crippen molar-refractivity contribution in [2.45, 2.75) is 143 Å². The molecule has 0 saturated carbocycles. The monoisotopic (exact) mass is 521 g/mol. The number of quaternary nitrogens is 1. The number of hydrogen-bond acceptors (Lipinski definition) is 3. The first-order valence-corrected chi connectivity index (χ1v) is 16.6. The first-order chi connectivity index (χ1) is 16.8. The molecule has 0 bridgehead atoms. The number of rotatable bonds is 27. The lowest BCUT2D eigenvalue weighted by atomic mass is 10.0. The van der Waals surface area contributed by atoms with Crippen molar-refractivity contribution in [3.8, 4) is 0 Å². The summed E-state index contributed by atoms with van der Waals surface area (Å²) in [7, 11) is -4.43. The molecule has 0 radical (unpaired) electrons. The minimum atomic E-state index is -4.43. The predicted molar refractivity (Wildman–Crippen MR) is 151 cm³/mol. The molecule has 0 fully saturated rings. The van der Waals surface area contributed by atoms with Gasteiger partial charge in [0.05, 0.1) is 19.6 Å².